The minimum atomic E-state index is 0.218. The van der Waals surface area contributed by atoms with Gasteiger partial charge in [-0.3, -0.25) is 5.43 Å². The summed E-state index contributed by atoms with van der Waals surface area (Å²) in [7, 11) is 0. The number of thiazole rings is 1. The second-order valence-corrected chi connectivity index (χ2v) is 6.47. The van der Waals surface area contributed by atoms with Gasteiger partial charge in [-0.25, -0.2) is 4.98 Å². The van der Waals surface area contributed by atoms with Crippen LogP contribution in [-0.2, 0) is 0 Å². The maximum absolute atomic E-state index is 9.33. The monoisotopic (exact) mass is 372 g/mol. The van der Waals surface area contributed by atoms with Crippen LogP contribution in [0.25, 0.3) is 11.3 Å². The number of rotatable bonds is 4. The average Bonchev–Trinajstić information content (AvgIpc) is 3.08. The van der Waals surface area contributed by atoms with E-state index >= 15 is 0 Å². The Morgan fingerprint density at radius 1 is 1.04 bits per heavy atom. The first-order valence-electron chi connectivity index (χ1n) is 6.87. The van der Waals surface area contributed by atoms with Gasteiger partial charge in [0.2, 0.25) is 0 Å². The number of nitriles is 1. The highest BCUT2D eigenvalue weighted by molar-refractivity contribution is 7.12. The van der Waals surface area contributed by atoms with E-state index in [9.17, 15) is 5.26 Å². The number of nitrogens with one attached hydrogen (secondary N) is 1. The van der Waals surface area contributed by atoms with Crippen molar-refractivity contribution >= 4 is 45.9 Å². The predicted molar refractivity (Wildman–Crippen MR) is 99.8 cm³/mol. The van der Waals surface area contributed by atoms with Crippen LogP contribution in [0.2, 0.25) is 10.0 Å². The smallest absolute Gasteiger partial charge is 0.196 e. The van der Waals surface area contributed by atoms with Crippen molar-refractivity contribution < 1.29 is 0 Å². The molecular weight excluding hydrogens is 363 g/mol. The van der Waals surface area contributed by atoms with Gasteiger partial charge in [-0.1, -0.05) is 35.3 Å². The number of hydrogen-bond acceptors (Lipinski definition) is 5. The van der Waals surface area contributed by atoms with Crippen LogP contribution in [0.3, 0.4) is 0 Å². The molecule has 0 fully saturated rings. The molecule has 0 amide bonds. The quantitative estimate of drug-likeness (QED) is 0.488. The van der Waals surface area contributed by atoms with Gasteiger partial charge in [0.05, 0.1) is 11.4 Å². The van der Waals surface area contributed by atoms with Crippen LogP contribution in [-0.4, -0.2) is 10.7 Å². The molecule has 0 radical (unpaired) electrons. The standard InChI is InChI=1S/C17H10Cl2N4S/c18-12-3-1-11(2-4-12)16-10-24-17(21-16)15(9-20)23-22-14-7-5-13(19)6-8-14/h1-8,10,22H. The molecule has 1 aromatic heterocycles. The minimum Gasteiger partial charge on any atom is -0.277 e. The number of nitrogens with zero attached hydrogens (tertiary/aromatic N) is 3. The molecule has 0 aliphatic carbocycles. The Balaban J connectivity index is 1.81. The second-order valence-electron chi connectivity index (χ2n) is 4.74. The Kier molecular flexibility index (Phi) is 5.11. The van der Waals surface area contributed by atoms with E-state index in [4.69, 9.17) is 23.2 Å². The zero-order valence-corrected chi connectivity index (χ0v) is 14.5. The molecule has 0 saturated carbocycles. The molecule has 7 heteroatoms. The van der Waals surface area contributed by atoms with Crippen molar-refractivity contribution in [1.82, 2.24) is 4.98 Å². The molecule has 0 saturated heterocycles. The van der Waals surface area contributed by atoms with Crippen molar-refractivity contribution in [3.8, 4) is 17.3 Å². The molecule has 1 N–H and O–H groups in total. The molecule has 3 rings (SSSR count). The van der Waals surface area contributed by atoms with Crippen LogP contribution in [0.15, 0.2) is 59.0 Å². The SMILES string of the molecule is N#CC(=NNc1ccc(Cl)cc1)c1nc(-c2ccc(Cl)cc2)cs1. The molecule has 24 heavy (non-hydrogen) atoms. The number of hydrazone groups is 1. The van der Waals surface area contributed by atoms with Crippen molar-refractivity contribution in [3.63, 3.8) is 0 Å². The average molecular weight is 373 g/mol. The third-order valence-corrected chi connectivity index (χ3v) is 4.45. The van der Waals surface area contributed by atoms with Gasteiger partial charge >= 0.3 is 0 Å². The summed E-state index contributed by atoms with van der Waals surface area (Å²) in [5.41, 5.74) is 5.50. The summed E-state index contributed by atoms with van der Waals surface area (Å²) >= 11 is 13.1. The summed E-state index contributed by atoms with van der Waals surface area (Å²) < 4.78 is 0. The van der Waals surface area contributed by atoms with Crippen molar-refractivity contribution in [2.75, 3.05) is 5.43 Å². The van der Waals surface area contributed by atoms with E-state index in [1.165, 1.54) is 11.3 Å². The summed E-state index contributed by atoms with van der Waals surface area (Å²) in [5, 5.41) is 17.2. The summed E-state index contributed by atoms with van der Waals surface area (Å²) in [6, 6.07) is 16.5. The molecule has 0 unspecified atom stereocenters. The number of aromatic nitrogens is 1. The van der Waals surface area contributed by atoms with E-state index in [0.29, 0.717) is 15.1 Å². The van der Waals surface area contributed by atoms with Gasteiger partial charge in [0.25, 0.3) is 0 Å². The largest absolute Gasteiger partial charge is 0.277 e. The Bertz CT molecular complexity index is 909. The van der Waals surface area contributed by atoms with Gasteiger partial charge < -0.3 is 0 Å². The minimum absolute atomic E-state index is 0.218. The maximum Gasteiger partial charge on any atom is 0.196 e. The lowest BCUT2D eigenvalue weighted by atomic mass is 10.2. The van der Waals surface area contributed by atoms with Crippen LogP contribution >= 0.6 is 34.5 Å². The highest BCUT2D eigenvalue weighted by Gasteiger charge is 2.10. The van der Waals surface area contributed by atoms with E-state index in [1.54, 1.807) is 36.4 Å². The van der Waals surface area contributed by atoms with Crippen molar-refractivity contribution in [3.05, 3.63) is 69.0 Å². The number of benzene rings is 2. The summed E-state index contributed by atoms with van der Waals surface area (Å²) in [4.78, 5) is 4.47. The molecule has 3 aromatic rings. The Labute approximate surface area is 153 Å². The van der Waals surface area contributed by atoms with Crippen LogP contribution in [0, 0.1) is 11.3 Å². The molecule has 0 bridgehead atoms. The normalized spacial score (nSPS) is 11.1. The van der Waals surface area contributed by atoms with Gasteiger partial charge in [0, 0.05) is 21.0 Å². The zero-order chi connectivity index (χ0) is 16.9. The van der Waals surface area contributed by atoms with Crippen LogP contribution in [0.4, 0.5) is 5.69 Å². The van der Waals surface area contributed by atoms with Gasteiger partial charge in [-0.15, -0.1) is 11.3 Å². The first-order valence-corrected chi connectivity index (χ1v) is 8.50. The summed E-state index contributed by atoms with van der Waals surface area (Å²) in [5.74, 6) is 0. The fraction of sp³-hybridized carbons (Fsp3) is 0. The first kappa shape index (κ1) is 16.5. The molecule has 4 nitrogen and oxygen atoms in total. The van der Waals surface area contributed by atoms with E-state index in [0.717, 1.165) is 16.9 Å². The maximum atomic E-state index is 9.33. The van der Waals surface area contributed by atoms with Crippen molar-refractivity contribution in [2.24, 2.45) is 5.10 Å². The zero-order valence-electron chi connectivity index (χ0n) is 12.2. The Morgan fingerprint density at radius 3 is 2.29 bits per heavy atom. The van der Waals surface area contributed by atoms with Crippen LogP contribution in [0.5, 0.6) is 0 Å². The molecule has 1 heterocycles. The molecule has 2 aromatic carbocycles. The lowest BCUT2D eigenvalue weighted by Gasteiger charge is -2.00. The van der Waals surface area contributed by atoms with E-state index in [-0.39, 0.29) is 5.71 Å². The number of anilines is 1. The summed E-state index contributed by atoms with van der Waals surface area (Å²) in [6.07, 6.45) is 0. The highest BCUT2D eigenvalue weighted by Crippen LogP contribution is 2.24. The second kappa shape index (κ2) is 7.45. The van der Waals surface area contributed by atoms with E-state index in [2.05, 4.69) is 21.6 Å². The van der Waals surface area contributed by atoms with Crippen LogP contribution < -0.4 is 5.43 Å². The van der Waals surface area contributed by atoms with E-state index < -0.39 is 0 Å². The number of halogens is 2. The van der Waals surface area contributed by atoms with Crippen molar-refractivity contribution in [2.45, 2.75) is 0 Å². The van der Waals surface area contributed by atoms with Crippen LogP contribution in [0.1, 0.15) is 5.01 Å². The van der Waals surface area contributed by atoms with Crippen molar-refractivity contribution in [1.29, 1.82) is 5.26 Å². The van der Waals surface area contributed by atoms with Gasteiger partial charge in [0.1, 0.15) is 6.07 Å². The molecule has 0 aliphatic heterocycles. The summed E-state index contributed by atoms with van der Waals surface area (Å²) in [6.45, 7) is 0. The molecule has 0 aliphatic rings. The fourth-order valence-corrected chi connectivity index (χ4v) is 2.92. The molecular formula is C17H10Cl2N4S. The molecule has 0 atom stereocenters. The lowest BCUT2D eigenvalue weighted by Crippen LogP contribution is -2.01. The highest BCUT2D eigenvalue weighted by atomic mass is 35.5. The Morgan fingerprint density at radius 2 is 1.67 bits per heavy atom. The lowest BCUT2D eigenvalue weighted by molar-refractivity contribution is 1.31. The fourth-order valence-electron chi connectivity index (χ4n) is 1.90. The Hall–Kier alpha value is -2.39. The van der Waals surface area contributed by atoms with Gasteiger partial charge in [0.15, 0.2) is 10.7 Å². The predicted octanol–water partition coefficient (Wildman–Crippen LogP) is 5.46. The first-order chi connectivity index (χ1) is 11.7. The molecule has 118 valence electrons. The third kappa shape index (κ3) is 3.92. The van der Waals surface area contributed by atoms with Gasteiger partial charge in [-0.05, 0) is 36.4 Å². The third-order valence-electron chi connectivity index (χ3n) is 3.09. The topological polar surface area (TPSA) is 61.1 Å². The van der Waals surface area contributed by atoms with Gasteiger partial charge in [-0.2, -0.15) is 10.4 Å². The molecule has 0 spiro atoms. The van der Waals surface area contributed by atoms with E-state index in [1.807, 2.05) is 17.5 Å². The number of hydrogen-bond donors (Lipinski definition) is 1.